The van der Waals surface area contributed by atoms with Gasteiger partial charge in [-0.25, -0.2) is 0 Å². The first-order valence-corrected chi connectivity index (χ1v) is 11.1. The number of anilines is 2. The Kier molecular flexibility index (Phi) is 4.46. The van der Waals surface area contributed by atoms with E-state index in [-0.39, 0.29) is 11.5 Å². The lowest BCUT2D eigenvalue weighted by molar-refractivity contribution is -0.120. The summed E-state index contributed by atoms with van der Waals surface area (Å²) in [4.78, 5) is 15.8. The second-order valence-corrected chi connectivity index (χ2v) is 9.88. The molecule has 4 heteroatoms. The van der Waals surface area contributed by atoms with Gasteiger partial charge in [-0.3, -0.25) is 9.69 Å². The van der Waals surface area contributed by atoms with Crippen molar-refractivity contribution in [3.8, 4) is 5.75 Å². The molecule has 0 fully saturated rings. The van der Waals surface area contributed by atoms with Crippen molar-refractivity contribution >= 4 is 28.9 Å². The van der Waals surface area contributed by atoms with Crippen LogP contribution < -0.4 is 9.64 Å². The van der Waals surface area contributed by atoms with Crippen LogP contribution in [0.1, 0.15) is 49.4 Å². The summed E-state index contributed by atoms with van der Waals surface area (Å²) < 4.78 is 6.17. The molecular weight excluding hydrogens is 406 g/mol. The largest absolute Gasteiger partial charge is 0.488 e. The lowest BCUT2D eigenvalue weighted by atomic mass is 9.76. The smallest absolute Gasteiger partial charge is 0.246 e. The van der Waals surface area contributed by atoms with E-state index in [0.29, 0.717) is 5.02 Å². The number of aryl methyl sites for hydroxylation is 2. The molecule has 1 amide bonds. The molecule has 2 heterocycles. The van der Waals surface area contributed by atoms with E-state index in [4.69, 9.17) is 16.3 Å². The minimum Gasteiger partial charge on any atom is -0.488 e. The Hall–Kier alpha value is -2.78. The van der Waals surface area contributed by atoms with Gasteiger partial charge in [0.1, 0.15) is 11.4 Å². The molecule has 0 bridgehead atoms. The van der Waals surface area contributed by atoms with Gasteiger partial charge in [0.15, 0.2) is 0 Å². The zero-order valence-electron chi connectivity index (χ0n) is 18.3. The van der Waals surface area contributed by atoms with Crippen LogP contribution in [0.5, 0.6) is 5.75 Å². The van der Waals surface area contributed by atoms with E-state index in [1.165, 1.54) is 0 Å². The number of ether oxygens (including phenoxy) is 1. The third-order valence-corrected chi connectivity index (χ3v) is 6.92. The van der Waals surface area contributed by atoms with Gasteiger partial charge in [0.05, 0.1) is 11.1 Å². The van der Waals surface area contributed by atoms with Gasteiger partial charge >= 0.3 is 0 Å². The van der Waals surface area contributed by atoms with Gasteiger partial charge in [-0.05, 0) is 93.6 Å². The first kappa shape index (κ1) is 20.1. The lowest BCUT2D eigenvalue weighted by Gasteiger charge is -2.34. The summed E-state index contributed by atoms with van der Waals surface area (Å²) in [6, 6.07) is 20.0. The van der Waals surface area contributed by atoms with Crippen LogP contribution in [0.4, 0.5) is 11.4 Å². The average molecular weight is 432 g/mol. The molecule has 0 saturated heterocycles. The van der Waals surface area contributed by atoms with Crippen LogP contribution in [0.15, 0.2) is 60.7 Å². The third-order valence-electron chi connectivity index (χ3n) is 6.68. The normalized spacial score (nSPS) is 21.5. The Morgan fingerprint density at radius 3 is 2.45 bits per heavy atom. The van der Waals surface area contributed by atoms with E-state index in [1.807, 2.05) is 73.3 Å². The van der Waals surface area contributed by atoms with Crippen LogP contribution in [0.3, 0.4) is 0 Å². The molecular formula is C27H26ClNO2. The molecule has 0 saturated carbocycles. The quantitative estimate of drug-likeness (QED) is 0.449. The lowest BCUT2D eigenvalue weighted by Crippen LogP contribution is -2.37. The van der Waals surface area contributed by atoms with Crippen LogP contribution >= 0.6 is 11.6 Å². The maximum absolute atomic E-state index is 14.0. The van der Waals surface area contributed by atoms with Gasteiger partial charge in [0, 0.05) is 10.7 Å². The molecule has 3 aromatic carbocycles. The average Bonchev–Trinajstić information content (AvgIpc) is 2.95. The zero-order chi connectivity index (χ0) is 22.0. The second-order valence-electron chi connectivity index (χ2n) is 9.45. The summed E-state index contributed by atoms with van der Waals surface area (Å²) in [5, 5.41) is 0.631. The van der Waals surface area contributed by atoms with Crippen molar-refractivity contribution in [2.75, 3.05) is 4.90 Å². The molecule has 1 atom stereocenters. The Labute approximate surface area is 188 Å². The molecule has 0 N–H and O–H groups in total. The van der Waals surface area contributed by atoms with Crippen molar-refractivity contribution < 1.29 is 9.53 Å². The fourth-order valence-electron chi connectivity index (χ4n) is 4.75. The summed E-state index contributed by atoms with van der Waals surface area (Å²) in [6.45, 7) is 8.28. The summed E-state index contributed by atoms with van der Waals surface area (Å²) in [5.74, 6) is 0.946. The zero-order valence-corrected chi connectivity index (χ0v) is 19.1. The molecule has 3 aromatic rings. The maximum Gasteiger partial charge on any atom is 0.246 e. The van der Waals surface area contributed by atoms with Crippen LogP contribution in [0.25, 0.3) is 0 Å². The number of fused-ring (bicyclic) bond motifs is 2. The van der Waals surface area contributed by atoms with Crippen molar-refractivity contribution in [3.63, 3.8) is 0 Å². The molecule has 158 valence electrons. The van der Waals surface area contributed by atoms with Gasteiger partial charge < -0.3 is 4.74 Å². The van der Waals surface area contributed by atoms with Crippen LogP contribution in [-0.4, -0.2) is 11.5 Å². The van der Waals surface area contributed by atoms with Crippen molar-refractivity contribution in [1.29, 1.82) is 0 Å². The van der Waals surface area contributed by atoms with Crippen molar-refractivity contribution in [3.05, 3.63) is 87.9 Å². The molecule has 0 spiro atoms. The number of benzene rings is 3. The highest BCUT2D eigenvalue weighted by atomic mass is 35.5. The van der Waals surface area contributed by atoms with Crippen LogP contribution in [-0.2, 0) is 16.6 Å². The van der Waals surface area contributed by atoms with E-state index in [1.54, 1.807) is 0 Å². The second kappa shape index (κ2) is 6.86. The highest BCUT2D eigenvalue weighted by molar-refractivity contribution is 6.31. The maximum atomic E-state index is 14.0. The Balaban J connectivity index is 1.66. The summed E-state index contributed by atoms with van der Waals surface area (Å²) in [6.07, 6.45) is 1.89. The molecule has 31 heavy (non-hydrogen) atoms. The van der Waals surface area contributed by atoms with Crippen molar-refractivity contribution in [2.24, 2.45) is 0 Å². The van der Waals surface area contributed by atoms with E-state index < -0.39 is 5.41 Å². The SMILES string of the molecule is Cc1ccc(N2C(=O)[C@@](C)(c3ccc4c(c3)CCC(C)(C)O4)c3cc(Cl)ccc32)cc1. The number of nitrogens with zero attached hydrogens (tertiary/aromatic N) is 1. The first-order valence-electron chi connectivity index (χ1n) is 10.7. The van der Waals surface area contributed by atoms with Crippen LogP contribution in [0, 0.1) is 6.92 Å². The molecule has 2 aliphatic rings. The summed E-state index contributed by atoms with van der Waals surface area (Å²) >= 11 is 6.40. The summed E-state index contributed by atoms with van der Waals surface area (Å²) in [7, 11) is 0. The number of carbonyl (C=O) groups excluding carboxylic acids is 1. The number of carbonyl (C=O) groups is 1. The Morgan fingerprint density at radius 1 is 0.968 bits per heavy atom. The monoisotopic (exact) mass is 431 g/mol. The fraction of sp³-hybridized carbons (Fsp3) is 0.296. The van der Waals surface area contributed by atoms with Crippen LogP contribution in [0.2, 0.25) is 5.02 Å². The van der Waals surface area contributed by atoms with E-state index in [9.17, 15) is 4.79 Å². The third kappa shape index (κ3) is 3.14. The number of rotatable bonds is 2. The summed E-state index contributed by atoms with van der Waals surface area (Å²) in [5.41, 5.74) is 4.98. The Bertz CT molecular complexity index is 1200. The molecule has 2 aliphatic heterocycles. The molecule has 0 aromatic heterocycles. The topological polar surface area (TPSA) is 29.5 Å². The number of hydrogen-bond donors (Lipinski definition) is 0. The standard InChI is InChI=1S/C27H26ClNO2/c1-17-5-9-21(10-6-17)29-23-11-8-20(28)16-22(23)27(4,25(29)30)19-7-12-24-18(15-19)13-14-26(2,3)31-24/h5-12,15-16H,13-14H2,1-4H3/t27-/m0/s1. The highest BCUT2D eigenvalue weighted by Gasteiger charge is 2.49. The van der Waals surface area contributed by atoms with Crippen molar-refractivity contribution in [2.45, 2.75) is 51.6 Å². The molecule has 5 rings (SSSR count). The molecule has 0 radical (unpaired) electrons. The van der Waals surface area contributed by atoms with E-state index >= 15 is 0 Å². The van der Waals surface area contributed by atoms with Gasteiger partial charge in [-0.1, -0.05) is 41.4 Å². The van der Waals surface area contributed by atoms with Gasteiger partial charge in [0.25, 0.3) is 0 Å². The Morgan fingerprint density at radius 2 is 1.71 bits per heavy atom. The minimum atomic E-state index is -0.826. The minimum absolute atomic E-state index is 0.0330. The van der Waals surface area contributed by atoms with E-state index in [0.717, 1.165) is 52.2 Å². The number of hydrogen-bond acceptors (Lipinski definition) is 2. The van der Waals surface area contributed by atoms with Gasteiger partial charge in [0.2, 0.25) is 5.91 Å². The molecule has 0 unspecified atom stereocenters. The predicted octanol–water partition coefficient (Wildman–Crippen LogP) is 6.74. The molecule has 3 nitrogen and oxygen atoms in total. The fourth-order valence-corrected chi connectivity index (χ4v) is 4.92. The van der Waals surface area contributed by atoms with Crippen molar-refractivity contribution in [1.82, 2.24) is 0 Å². The molecule has 0 aliphatic carbocycles. The highest BCUT2D eigenvalue weighted by Crippen LogP contribution is 2.50. The van der Waals surface area contributed by atoms with E-state index in [2.05, 4.69) is 19.9 Å². The van der Waals surface area contributed by atoms with Gasteiger partial charge in [-0.15, -0.1) is 0 Å². The predicted molar refractivity (Wildman–Crippen MR) is 126 cm³/mol. The first-order chi connectivity index (χ1) is 14.7. The number of halogens is 1. The van der Waals surface area contributed by atoms with Gasteiger partial charge in [-0.2, -0.15) is 0 Å². The number of amides is 1.